The Balaban J connectivity index is 1.85. The Kier molecular flexibility index (Phi) is 6.11. The number of hydrogen-bond acceptors (Lipinski definition) is 2. The normalized spacial score (nSPS) is 10.0. The third-order valence-electron chi connectivity index (χ3n) is 3.70. The van der Waals surface area contributed by atoms with Gasteiger partial charge in [-0.05, 0) is 92.6 Å². The third kappa shape index (κ3) is 5.18. The van der Waals surface area contributed by atoms with Crippen LogP contribution in [0.15, 0.2) is 36.4 Å². The first-order valence-electron chi connectivity index (χ1n) is 7.63. The monoisotopic (exact) mass is 358 g/mol. The van der Waals surface area contributed by atoms with Crippen LogP contribution in [0.5, 0.6) is 0 Å². The van der Waals surface area contributed by atoms with Crippen LogP contribution in [0.4, 0.5) is 11.4 Å². The Morgan fingerprint density at radius 3 is 2.00 bits per heavy atom. The van der Waals surface area contributed by atoms with Gasteiger partial charge in [0, 0.05) is 11.4 Å². The van der Waals surface area contributed by atoms with Crippen LogP contribution in [0.25, 0.3) is 0 Å². The number of hydrazine groups is 1. The Bertz CT molecular complexity index is 772. The maximum Gasteiger partial charge on any atom is 0.189 e. The van der Waals surface area contributed by atoms with Gasteiger partial charge in [-0.3, -0.25) is 10.9 Å². The van der Waals surface area contributed by atoms with E-state index in [2.05, 4.69) is 65.7 Å². The van der Waals surface area contributed by atoms with E-state index in [0.29, 0.717) is 10.2 Å². The maximum absolute atomic E-state index is 5.29. The fourth-order valence-corrected chi connectivity index (χ4v) is 2.45. The average molecular weight is 359 g/mol. The molecule has 2 rings (SSSR count). The van der Waals surface area contributed by atoms with Gasteiger partial charge in [0.2, 0.25) is 0 Å². The minimum absolute atomic E-state index is 0.448. The van der Waals surface area contributed by atoms with Crippen LogP contribution in [0.2, 0.25) is 0 Å². The summed E-state index contributed by atoms with van der Waals surface area (Å²) in [6.07, 6.45) is 0. The molecule has 0 spiro atoms. The zero-order valence-corrected chi connectivity index (χ0v) is 15.9. The lowest BCUT2D eigenvalue weighted by Crippen LogP contribution is -2.45. The van der Waals surface area contributed by atoms with E-state index < -0.39 is 0 Å². The number of rotatable bonds is 2. The van der Waals surface area contributed by atoms with Crippen LogP contribution < -0.4 is 21.5 Å². The molecule has 0 fully saturated rings. The van der Waals surface area contributed by atoms with Gasteiger partial charge >= 0.3 is 0 Å². The van der Waals surface area contributed by atoms with Gasteiger partial charge in [-0.15, -0.1) is 0 Å². The van der Waals surface area contributed by atoms with Gasteiger partial charge in [-0.1, -0.05) is 18.2 Å². The summed E-state index contributed by atoms with van der Waals surface area (Å²) in [6, 6.07) is 12.3. The van der Waals surface area contributed by atoms with Crippen LogP contribution in [0.1, 0.15) is 22.3 Å². The van der Waals surface area contributed by atoms with E-state index in [1.54, 1.807) is 0 Å². The molecule has 0 saturated carbocycles. The van der Waals surface area contributed by atoms with Gasteiger partial charge in [-0.2, -0.15) is 0 Å². The molecular weight excluding hydrogens is 336 g/mol. The van der Waals surface area contributed by atoms with Gasteiger partial charge in [0.25, 0.3) is 0 Å². The molecule has 2 aromatic carbocycles. The zero-order chi connectivity index (χ0) is 17.7. The number of nitrogens with one attached hydrogen (secondary N) is 4. The number of anilines is 2. The average Bonchev–Trinajstić information content (AvgIpc) is 2.52. The molecule has 2 aromatic rings. The summed E-state index contributed by atoms with van der Waals surface area (Å²) in [6.45, 7) is 8.22. The van der Waals surface area contributed by atoms with Crippen LogP contribution >= 0.6 is 24.4 Å². The van der Waals surface area contributed by atoms with E-state index in [-0.39, 0.29) is 0 Å². The molecule has 0 bridgehead atoms. The van der Waals surface area contributed by atoms with Crippen LogP contribution in [-0.2, 0) is 0 Å². The van der Waals surface area contributed by atoms with E-state index in [1.807, 2.05) is 19.9 Å². The van der Waals surface area contributed by atoms with Crippen molar-refractivity contribution in [2.75, 3.05) is 10.6 Å². The van der Waals surface area contributed by atoms with Crippen LogP contribution in [0.3, 0.4) is 0 Å². The van der Waals surface area contributed by atoms with Gasteiger partial charge in [0.05, 0.1) is 0 Å². The molecular formula is C18H22N4S2. The smallest absolute Gasteiger partial charge is 0.189 e. The SMILES string of the molecule is Cc1ccc(C)c(NC(=S)NNC(=S)Nc2ccc(C)c(C)c2)c1. The quantitative estimate of drug-likeness (QED) is 0.479. The second-order valence-electron chi connectivity index (χ2n) is 5.78. The zero-order valence-electron chi connectivity index (χ0n) is 14.3. The summed E-state index contributed by atoms with van der Waals surface area (Å²) in [5, 5.41) is 7.18. The van der Waals surface area contributed by atoms with Gasteiger partial charge < -0.3 is 10.6 Å². The van der Waals surface area contributed by atoms with E-state index in [9.17, 15) is 0 Å². The van der Waals surface area contributed by atoms with Gasteiger partial charge in [-0.25, -0.2) is 0 Å². The molecule has 0 aromatic heterocycles. The molecule has 0 unspecified atom stereocenters. The van der Waals surface area contributed by atoms with Crippen molar-refractivity contribution in [2.24, 2.45) is 0 Å². The molecule has 0 radical (unpaired) electrons. The van der Waals surface area contributed by atoms with Crippen molar-refractivity contribution in [2.45, 2.75) is 27.7 Å². The van der Waals surface area contributed by atoms with Crippen molar-refractivity contribution in [3.05, 3.63) is 58.7 Å². The van der Waals surface area contributed by atoms with Gasteiger partial charge in [0.15, 0.2) is 10.2 Å². The molecule has 0 amide bonds. The summed E-state index contributed by atoms with van der Waals surface area (Å²) < 4.78 is 0. The molecule has 6 heteroatoms. The first-order chi connectivity index (χ1) is 11.3. The molecule has 0 aliphatic rings. The van der Waals surface area contributed by atoms with E-state index in [0.717, 1.165) is 16.9 Å². The second-order valence-corrected chi connectivity index (χ2v) is 6.59. The van der Waals surface area contributed by atoms with E-state index in [1.165, 1.54) is 16.7 Å². The van der Waals surface area contributed by atoms with Gasteiger partial charge in [0.1, 0.15) is 0 Å². The molecule has 4 N–H and O–H groups in total. The van der Waals surface area contributed by atoms with Crippen LogP contribution in [-0.4, -0.2) is 10.2 Å². The molecule has 24 heavy (non-hydrogen) atoms. The molecule has 0 aliphatic carbocycles. The summed E-state index contributed by atoms with van der Waals surface area (Å²) in [7, 11) is 0. The Morgan fingerprint density at radius 1 is 0.708 bits per heavy atom. The molecule has 0 saturated heterocycles. The number of hydrogen-bond donors (Lipinski definition) is 4. The fraction of sp³-hybridized carbons (Fsp3) is 0.222. The molecule has 0 aliphatic heterocycles. The highest BCUT2D eigenvalue weighted by atomic mass is 32.1. The lowest BCUT2D eigenvalue weighted by atomic mass is 10.1. The summed E-state index contributed by atoms with van der Waals surface area (Å²) >= 11 is 10.6. The Morgan fingerprint density at radius 2 is 1.33 bits per heavy atom. The Hall–Kier alpha value is -2.18. The van der Waals surface area contributed by atoms with Crippen molar-refractivity contribution >= 4 is 46.0 Å². The number of benzene rings is 2. The highest BCUT2D eigenvalue weighted by Gasteiger charge is 2.03. The van der Waals surface area contributed by atoms with E-state index >= 15 is 0 Å². The molecule has 4 nitrogen and oxygen atoms in total. The topological polar surface area (TPSA) is 48.1 Å². The fourth-order valence-electron chi connectivity index (χ4n) is 2.12. The second kappa shape index (κ2) is 8.08. The first kappa shape index (κ1) is 18.2. The molecule has 0 atom stereocenters. The summed E-state index contributed by atoms with van der Waals surface area (Å²) in [5.41, 5.74) is 12.4. The predicted octanol–water partition coefficient (Wildman–Crippen LogP) is 4.11. The van der Waals surface area contributed by atoms with Crippen molar-refractivity contribution < 1.29 is 0 Å². The van der Waals surface area contributed by atoms with Crippen LogP contribution in [0, 0.1) is 27.7 Å². The predicted molar refractivity (Wildman–Crippen MR) is 111 cm³/mol. The lowest BCUT2D eigenvalue weighted by Gasteiger charge is -2.16. The minimum Gasteiger partial charge on any atom is -0.331 e. The first-order valence-corrected chi connectivity index (χ1v) is 8.45. The largest absolute Gasteiger partial charge is 0.331 e. The summed E-state index contributed by atoms with van der Waals surface area (Å²) in [5.74, 6) is 0. The lowest BCUT2D eigenvalue weighted by molar-refractivity contribution is 0.885. The van der Waals surface area contributed by atoms with Crippen molar-refractivity contribution in [1.29, 1.82) is 0 Å². The van der Waals surface area contributed by atoms with Crippen molar-refractivity contribution in [3.8, 4) is 0 Å². The number of aryl methyl sites for hydroxylation is 4. The summed E-state index contributed by atoms with van der Waals surface area (Å²) in [4.78, 5) is 0. The molecule has 0 heterocycles. The van der Waals surface area contributed by atoms with Crippen molar-refractivity contribution in [3.63, 3.8) is 0 Å². The Labute approximate surface area is 154 Å². The highest BCUT2D eigenvalue weighted by molar-refractivity contribution is 7.81. The third-order valence-corrected chi connectivity index (χ3v) is 4.10. The highest BCUT2D eigenvalue weighted by Crippen LogP contribution is 2.16. The minimum atomic E-state index is 0.448. The van der Waals surface area contributed by atoms with E-state index in [4.69, 9.17) is 24.4 Å². The standard InChI is InChI=1S/C18H22N4S2/c1-11-5-6-13(3)16(9-11)20-18(24)22-21-17(23)19-15-8-7-12(2)14(4)10-15/h5-10H,1-4H3,(H2,19,21,23)(H2,20,22,24). The maximum atomic E-state index is 5.29. The van der Waals surface area contributed by atoms with Crippen molar-refractivity contribution in [1.82, 2.24) is 10.9 Å². The number of thiocarbonyl (C=S) groups is 2. The molecule has 126 valence electrons.